The molecule has 1 saturated heterocycles. The van der Waals surface area contributed by atoms with Crippen molar-refractivity contribution in [3.63, 3.8) is 0 Å². The summed E-state index contributed by atoms with van der Waals surface area (Å²) in [5.41, 5.74) is 9.48. The molecule has 2 rings (SSSR count). The average Bonchev–Trinajstić information content (AvgIpc) is 2.78. The van der Waals surface area contributed by atoms with E-state index in [0.29, 0.717) is 26.2 Å². The van der Waals surface area contributed by atoms with E-state index < -0.39 is 5.79 Å². The van der Waals surface area contributed by atoms with Gasteiger partial charge in [0.2, 0.25) is 0 Å². The fourth-order valence-corrected chi connectivity index (χ4v) is 2.58. The van der Waals surface area contributed by atoms with Gasteiger partial charge in [0.05, 0.1) is 13.2 Å². The van der Waals surface area contributed by atoms with Crippen molar-refractivity contribution in [2.45, 2.75) is 45.3 Å². The lowest BCUT2D eigenvalue weighted by molar-refractivity contribution is -0.169. The largest absolute Gasteiger partial charge is 0.343 e. The van der Waals surface area contributed by atoms with Crippen LogP contribution >= 0.6 is 0 Å². The zero-order chi connectivity index (χ0) is 14.1. The molecule has 0 bridgehead atoms. The molecule has 3 heteroatoms. The van der Waals surface area contributed by atoms with Crippen molar-refractivity contribution in [1.82, 2.24) is 0 Å². The smallest absolute Gasteiger partial charge is 0.196 e. The number of hydrogen-bond acceptors (Lipinski definition) is 3. The van der Waals surface area contributed by atoms with Crippen molar-refractivity contribution in [2.24, 2.45) is 5.73 Å². The van der Waals surface area contributed by atoms with E-state index in [0.717, 1.165) is 5.56 Å². The Hall–Kier alpha value is -0.900. The summed E-state index contributed by atoms with van der Waals surface area (Å²) in [5.74, 6) is -0.639. The van der Waals surface area contributed by atoms with Gasteiger partial charge in [0.25, 0.3) is 0 Å². The van der Waals surface area contributed by atoms with E-state index >= 15 is 0 Å². The van der Waals surface area contributed by atoms with Gasteiger partial charge >= 0.3 is 0 Å². The zero-order valence-electron chi connectivity index (χ0n) is 12.5. The Morgan fingerprint density at radius 2 is 1.84 bits per heavy atom. The minimum Gasteiger partial charge on any atom is -0.343 e. The van der Waals surface area contributed by atoms with Crippen LogP contribution in [0.25, 0.3) is 0 Å². The van der Waals surface area contributed by atoms with Crippen molar-refractivity contribution in [1.29, 1.82) is 0 Å². The van der Waals surface area contributed by atoms with Crippen molar-refractivity contribution in [3.05, 3.63) is 34.9 Å². The van der Waals surface area contributed by atoms with Gasteiger partial charge < -0.3 is 15.2 Å². The van der Waals surface area contributed by atoms with Gasteiger partial charge in [0, 0.05) is 12.0 Å². The Labute approximate surface area is 116 Å². The Morgan fingerprint density at radius 3 is 2.37 bits per heavy atom. The maximum atomic E-state index is 5.91. The standard InChI is InChI=1S/C16H25NO2/c1-12-5-6-13(15(2,3)4)11-14(12)16(7-8-17)18-9-10-19-16/h5-6,11H,7-10,17H2,1-4H3. The van der Waals surface area contributed by atoms with Gasteiger partial charge in [-0.15, -0.1) is 0 Å². The molecule has 0 aliphatic carbocycles. The van der Waals surface area contributed by atoms with Crippen LogP contribution < -0.4 is 5.73 Å². The first-order valence-electron chi connectivity index (χ1n) is 6.99. The molecule has 3 nitrogen and oxygen atoms in total. The van der Waals surface area contributed by atoms with E-state index in [1.165, 1.54) is 11.1 Å². The quantitative estimate of drug-likeness (QED) is 0.912. The first-order chi connectivity index (χ1) is 8.89. The Morgan fingerprint density at radius 1 is 1.21 bits per heavy atom. The predicted molar refractivity (Wildman–Crippen MR) is 77.1 cm³/mol. The molecule has 0 atom stereocenters. The lowest BCUT2D eigenvalue weighted by Gasteiger charge is -2.31. The number of nitrogens with two attached hydrogens (primary N) is 1. The van der Waals surface area contributed by atoms with E-state index in [2.05, 4.69) is 45.9 Å². The molecular formula is C16H25NO2. The fourth-order valence-electron chi connectivity index (χ4n) is 2.58. The monoisotopic (exact) mass is 263 g/mol. The summed E-state index contributed by atoms with van der Waals surface area (Å²) in [6.07, 6.45) is 0.696. The van der Waals surface area contributed by atoms with Crippen molar-refractivity contribution < 1.29 is 9.47 Å². The maximum Gasteiger partial charge on any atom is 0.196 e. The summed E-state index contributed by atoms with van der Waals surface area (Å²) < 4.78 is 11.8. The second-order valence-corrected chi connectivity index (χ2v) is 6.27. The first-order valence-corrected chi connectivity index (χ1v) is 6.99. The minimum absolute atomic E-state index is 0.116. The van der Waals surface area contributed by atoms with Crippen molar-refractivity contribution in [2.75, 3.05) is 19.8 Å². The molecule has 0 aromatic heterocycles. The van der Waals surface area contributed by atoms with E-state index in [4.69, 9.17) is 15.2 Å². The molecular weight excluding hydrogens is 238 g/mol. The van der Waals surface area contributed by atoms with Crippen LogP contribution in [0, 0.1) is 6.92 Å². The van der Waals surface area contributed by atoms with E-state index in [1.54, 1.807) is 0 Å². The number of ether oxygens (including phenoxy) is 2. The molecule has 1 aromatic rings. The van der Waals surface area contributed by atoms with Crippen LogP contribution in [0.5, 0.6) is 0 Å². The van der Waals surface area contributed by atoms with Gasteiger partial charge in [-0.1, -0.05) is 32.9 Å². The number of benzene rings is 1. The van der Waals surface area contributed by atoms with Gasteiger partial charge in [0.15, 0.2) is 5.79 Å². The van der Waals surface area contributed by atoms with Crippen LogP contribution in [0.3, 0.4) is 0 Å². The van der Waals surface area contributed by atoms with E-state index in [-0.39, 0.29) is 5.41 Å². The summed E-state index contributed by atoms with van der Waals surface area (Å²) in [6.45, 7) is 10.6. The Balaban J connectivity index is 2.47. The first kappa shape index (κ1) is 14.5. The molecule has 106 valence electrons. The third-order valence-corrected chi connectivity index (χ3v) is 3.74. The normalized spacial score (nSPS) is 18.8. The van der Waals surface area contributed by atoms with Gasteiger partial charge in [-0.25, -0.2) is 0 Å². The molecule has 0 amide bonds. The van der Waals surface area contributed by atoms with Gasteiger partial charge in [-0.3, -0.25) is 0 Å². The molecule has 1 aliphatic rings. The average molecular weight is 263 g/mol. The van der Waals surface area contributed by atoms with Crippen molar-refractivity contribution in [3.8, 4) is 0 Å². The van der Waals surface area contributed by atoms with E-state index in [9.17, 15) is 0 Å². The molecule has 0 radical (unpaired) electrons. The molecule has 0 spiro atoms. The van der Waals surface area contributed by atoms with Crippen LogP contribution in [0.1, 0.15) is 43.9 Å². The van der Waals surface area contributed by atoms with Crippen molar-refractivity contribution >= 4 is 0 Å². The fraction of sp³-hybridized carbons (Fsp3) is 0.625. The molecule has 19 heavy (non-hydrogen) atoms. The SMILES string of the molecule is Cc1ccc(C(C)(C)C)cc1C1(CCN)OCCO1. The lowest BCUT2D eigenvalue weighted by atomic mass is 9.83. The summed E-state index contributed by atoms with van der Waals surface area (Å²) in [5, 5.41) is 0. The molecule has 0 unspecified atom stereocenters. The second kappa shape index (κ2) is 5.23. The highest BCUT2D eigenvalue weighted by atomic mass is 16.7. The summed E-state index contributed by atoms with van der Waals surface area (Å²) in [4.78, 5) is 0. The third kappa shape index (κ3) is 2.83. The van der Waals surface area contributed by atoms with Gasteiger partial charge in [0.1, 0.15) is 0 Å². The highest BCUT2D eigenvalue weighted by Gasteiger charge is 2.39. The minimum atomic E-state index is -0.639. The topological polar surface area (TPSA) is 44.5 Å². The van der Waals surface area contributed by atoms with E-state index in [1.807, 2.05) is 0 Å². The van der Waals surface area contributed by atoms with Gasteiger partial charge in [-0.05, 0) is 36.1 Å². The van der Waals surface area contributed by atoms with Crippen LogP contribution in [-0.2, 0) is 20.7 Å². The zero-order valence-corrected chi connectivity index (χ0v) is 12.5. The summed E-state index contributed by atoms with van der Waals surface area (Å²) in [7, 11) is 0. The van der Waals surface area contributed by atoms with Crippen LogP contribution in [0.4, 0.5) is 0 Å². The molecule has 2 N–H and O–H groups in total. The molecule has 1 fully saturated rings. The van der Waals surface area contributed by atoms with Crippen LogP contribution in [-0.4, -0.2) is 19.8 Å². The predicted octanol–water partition coefficient (Wildman–Crippen LogP) is 2.84. The summed E-state index contributed by atoms with van der Waals surface area (Å²) in [6, 6.07) is 6.56. The molecule has 1 heterocycles. The number of aryl methyl sites for hydroxylation is 1. The van der Waals surface area contributed by atoms with Crippen LogP contribution in [0.2, 0.25) is 0 Å². The highest BCUT2D eigenvalue weighted by Crippen LogP contribution is 2.38. The number of rotatable bonds is 3. The molecule has 1 aromatic carbocycles. The lowest BCUT2D eigenvalue weighted by Crippen LogP contribution is -2.31. The molecule has 0 saturated carbocycles. The molecule has 1 aliphatic heterocycles. The second-order valence-electron chi connectivity index (χ2n) is 6.27. The maximum absolute atomic E-state index is 5.91. The Kier molecular flexibility index (Phi) is 4.00. The Bertz CT molecular complexity index is 443. The van der Waals surface area contributed by atoms with Gasteiger partial charge in [-0.2, -0.15) is 0 Å². The highest BCUT2D eigenvalue weighted by molar-refractivity contribution is 5.37. The third-order valence-electron chi connectivity index (χ3n) is 3.74. The summed E-state index contributed by atoms with van der Waals surface area (Å²) >= 11 is 0. The van der Waals surface area contributed by atoms with Crippen LogP contribution in [0.15, 0.2) is 18.2 Å². The number of hydrogen-bond donors (Lipinski definition) is 1.